The lowest BCUT2D eigenvalue weighted by atomic mass is 10.1. The number of thioether (sulfide) groups is 1. The predicted octanol–water partition coefficient (Wildman–Crippen LogP) is 3.01. The standard InChI is InChI=1S/C15H26N2S/c1-13(16)5-4-11-17(2)12-10-14-6-8-15(18-3)9-7-14/h6-9,13H,4-5,10-12,16H2,1-3H3. The van der Waals surface area contributed by atoms with Crippen LogP contribution in [-0.4, -0.2) is 37.3 Å². The minimum Gasteiger partial charge on any atom is -0.328 e. The summed E-state index contributed by atoms with van der Waals surface area (Å²) < 4.78 is 0. The zero-order valence-corrected chi connectivity index (χ0v) is 12.7. The Balaban J connectivity index is 2.22. The second-order valence-electron chi connectivity index (χ2n) is 5.02. The Bertz CT molecular complexity index is 322. The van der Waals surface area contributed by atoms with Crippen LogP contribution >= 0.6 is 11.8 Å². The summed E-state index contributed by atoms with van der Waals surface area (Å²) in [4.78, 5) is 3.73. The number of nitrogens with zero attached hydrogens (tertiary/aromatic N) is 1. The molecule has 0 saturated carbocycles. The fourth-order valence-corrected chi connectivity index (χ4v) is 2.32. The maximum Gasteiger partial charge on any atom is 0.00693 e. The summed E-state index contributed by atoms with van der Waals surface area (Å²) in [5, 5.41) is 0. The van der Waals surface area contributed by atoms with E-state index in [1.54, 1.807) is 11.8 Å². The van der Waals surface area contributed by atoms with Crippen molar-refractivity contribution in [3.05, 3.63) is 29.8 Å². The third kappa shape index (κ3) is 6.43. The summed E-state index contributed by atoms with van der Waals surface area (Å²) in [6.07, 6.45) is 5.55. The highest BCUT2D eigenvalue weighted by atomic mass is 32.2. The smallest absolute Gasteiger partial charge is 0.00693 e. The lowest BCUT2D eigenvalue weighted by Crippen LogP contribution is -2.24. The van der Waals surface area contributed by atoms with Crippen LogP contribution in [0.3, 0.4) is 0 Å². The summed E-state index contributed by atoms with van der Waals surface area (Å²) in [7, 11) is 2.19. The maximum absolute atomic E-state index is 5.75. The van der Waals surface area contributed by atoms with Crippen molar-refractivity contribution in [1.82, 2.24) is 4.90 Å². The van der Waals surface area contributed by atoms with Crippen LogP contribution in [0.15, 0.2) is 29.2 Å². The Morgan fingerprint density at radius 1 is 1.22 bits per heavy atom. The highest BCUT2D eigenvalue weighted by Crippen LogP contribution is 2.15. The van der Waals surface area contributed by atoms with Gasteiger partial charge in [-0.2, -0.15) is 0 Å². The monoisotopic (exact) mass is 266 g/mol. The normalized spacial score (nSPS) is 12.9. The quantitative estimate of drug-likeness (QED) is 0.733. The summed E-state index contributed by atoms with van der Waals surface area (Å²) in [6, 6.07) is 9.22. The zero-order valence-electron chi connectivity index (χ0n) is 11.9. The van der Waals surface area contributed by atoms with E-state index in [9.17, 15) is 0 Å². The largest absolute Gasteiger partial charge is 0.328 e. The van der Waals surface area contributed by atoms with Crippen molar-refractivity contribution in [2.24, 2.45) is 5.73 Å². The zero-order chi connectivity index (χ0) is 13.4. The van der Waals surface area contributed by atoms with Gasteiger partial charge in [0.15, 0.2) is 0 Å². The van der Waals surface area contributed by atoms with Crippen molar-refractivity contribution in [3.63, 3.8) is 0 Å². The van der Waals surface area contributed by atoms with Crippen molar-refractivity contribution in [2.45, 2.75) is 37.1 Å². The van der Waals surface area contributed by atoms with Crippen molar-refractivity contribution < 1.29 is 0 Å². The van der Waals surface area contributed by atoms with Crippen LogP contribution < -0.4 is 5.73 Å². The first-order valence-corrected chi connectivity index (χ1v) is 7.91. The van der Waals surface area contributed by atoms with Gasteiger partial charge < -0.3 is 10.6 Å². The average Bonchev–Trinajstić information content (AvgIpc) is 2.36. The van der Waals surface area contributed by atoms with Crippen LogP contribution in [0.2, 0.25) is 0 Å². The topological polar surface area (TPSA) is 29.3 Å². The first-order chi connectivity index (χ1) is 8.61. The van der Waals surface area contributed by atoms with E-state index < -0.39 is 0 Å². The molecule has 2 N–H and O–H groups in total. The Kier molecular flexibility index (Phi) is 7.40. The van der Waals surface area contributed by atoms with Crippen LogP contribution in [0.4, 0.5) is 0 Å². The van der Waals surface area contributed by atoms with Crippen molar-refractivity contribution in [2.75, 3.05) is 26.4 Å². The van der Waals surface area contributed by atoms with Crippen LogP contribution in [0, 0.1) is 0 Å². The summed E-state index contributed by atoms with van der Waals surface area (Å²) in [5.41, 5.74) is 7.17. The Hall–Kier alpha value is -0.510. The highest BCUT2D eigenvalue weighted by Gasteiger charge is 2.01. The van der Waals surface area contributed by atoms with Crippen LogP contribution in [-0.2, 0) is 6.42 Å². The van der Waals surface area contributed by atoms with Crippen LogP contribution in [0.5, 0.6) is 0 Å². The van der Waals surface area contributed by atoms with Gasteiger partial charge in [0.2, 0.25) is 0 Å². The van der Waals surface area contributed by atoms with E-state index in [4.69, 9.17) is 5.73 Å². The molecule has 1 rings (SSSR count). The van der Waals surface area contributed by atoms with E-state index in [-0.39, 0.29) is 0 Å². The molecule has 0 fully saturated rings. The number of likely N-dealkylation sites (N-methyl/N-ethyl adjacent to an activating group) is 1. The van der Waals surface area contributed by atoms with E-state index in [0.29, 0.717) is 6.04 Å². The average molecular weight is 266 g/mol. The van der Waals surface area contributed by atoms with Gasteiger partial charge in [0, 0.05) is 17.5 Å². The van der Waals surface area contributed by atoms with E-state index in [0.717, 1.165) is 25.9 Å². The minimum atomic E-state index is 0.331. The molecule has 0 amide bonds. The van der Waals surface area contributed by atoms with Gasteiger partial charge in [0.25, 0.3) is 0 Å². The first-order valence-electron chi connectivity index (χ1n) is 6.69. The molecule has 0 aromatic heterocycles. The van der Waals surface area contributed by atoms with Gasteiger partial charge in [-0.25, -0.2) is 0 Å². The molecule has 0 aliphatic carbocycles. The molecular weight excluding hydrogens is 240 g/mol. The second kappa shape index (κ2) is 8.57. The van der Waals surface area contributed by atoms with E-state index in [1.807, 2.05) is 0 Å². The summed E-state index contributed by atoms with van der Waals surface area (Å²) >= 11 is 1.79. The molecule has 1 aromatic carbocycles. The molecule has 0 spiro atoms. The van der Waals surface area contributed by atoms with E-state index in [1.165, 1.54) is 16.9 Å². The number of rotatable bonds is 8. The van der Waals surface area contributed by atoms with Crippen molar-refractivity contribution in [3.8, 4) is 0 Å². The molecule has 18 heavy (non-hydrogen) atoms. The molecule has 0 bridgehead atoms. The molecule has 0 aliphatic rings. The molecule has 1 aromatic rings. The summed E-state index contributed by atoms with van der Waals surface area (Å²) in [6.45, 7) is 4.34. The van der Waals surface area contributed by atoms with Gasteiger partial charge in [-0.05, 0) is 63.7 Å². The van der Waals surface area contributed by atoms with E-state index in [2.05, 4.69) is 49.4 Å². The number of benzene rings is 1. The van der Waals surface area contributed by atoms with E-state index >= 15 is 0 Å². The fourth-order valence-electron chi connectivity index (χ4n) is 1.91. The SMILES string of the molecule is CSc1ccc(CCN(C)CCCC(C)N)cc1. The third-order valence-electron chi connectivity index (χ3n) is 3.14. The van der Waals surface area contributed by atoms with Gasteiger partial charge in [0.05, 0.1) is 0 Å². The summed E-state index contributed by atoms with van der Waals surface area (Å²) in [5.74, 6) is 0. The molecule has 3 heteroatoms. The molecular formula is C15H26N2S. The van der Waals surface area contributed by atoms with Gasteiger partial charge in [-0.15, -0.1) is 11.8 Å². The van der Waals surface area contributed by atoms with Gasteiger partial charge in [0.1, 0.15) is 0 Å². The van der Waals surface area contributed by atoms with Crippen LogP contribution in [0.25, 0.3) is 0 Å². The maximum atomic E-state index is 5.75. The molecule has 1 unspecified atom stereocenters. The predicted molar refractivity (Wildman–Crippen MR) is 82.3 cm³/mol. The van der Waals surface area contributed by atoms with Gasteiger partial charge in [-0.3, -0.25) is 0 Å². The molecule has 0 aliphatic heterocycles. The fraction of sp³-hybridized carbons (Fsp3) is 0.600. The second-order valence-corrected chi connectivity index (χ2v) is 5.90. The van der Waals surface area contributed by atoms with Crippen molar-refractivity contribution >= 4 is 11.8 Å². The first kappa shape index (κ1) is 15.5. The molecule has 2 nitrogen and oxygen atoms in total. The molecule has 0 saturated heterocycles. The number of hydrogen-bond donors (Lipinski definition) is 1. The molecule has 0 radical (unpaired) electrons. The van der Waals surface area contributed by atoms with Gasteiger partial charge >= 0.3 is 0 Å². The van der Waals surface area contributed by atoms with Gasteiger partial charge in [-0.1, -0.05) is 12.1 Å². The number of nitrogens with two attached hydrogens (primary N) is 1. The lowest BCUT2D eigenvalue weighted by molar-refractivity contribution is 0.326. The highest BCUT2D eigenvalue weighted by molar-refractivity contribution is 7.98. The Morgan fingerprint density at radius 3 is 2.44 bits per heavy atom. The Labute approximate surface area is 116 Å². The number of hydrogen-bond acceptors (Lipinski definition) is 3. The lowest BCUT2D eigenvalue weighted by Gasteiger charge is -2.17. The third-order valence-corrected chi connectivity index (χ3v) is 3.88. The minimum absolute atomic E-state index is 0.331. The van der Waals surface area contributed by atoms with Crippen molar-refractivity contribution in [1.29, 1.82) is 0 Å². The Morgan fingerprint density at radius 2 is 1.89 bits per heavy atom. The molecule has 0 heterocycles. The molecule has 102 valence electrons. The molecule has 1 atom stereocenters. The van der Waals surface area contributed by atoms with Crippen LogP contribution in [0.1, 0.15) is 25.3 Å².